The zero-order valence-corrected chi connectivity index (χ0v) is 15.9. The highest BCUT2D eigenvalue weighted by Crippen LogP contribution is 2.22. The topological polar surface area (TPSA) is 137 Å². The third kappa shape index (κ3) is 4.30. The Bertz CT molecular complexity index is 866. The highest BCUT2D eigenvalue weighted by atomic mass is 16.6. The molecule has 0 aliphatic rings. The van der Waals surface area contributed by atoms with E-state index in [4.69, 9.17) is 0 Å². The van der Waals surface area contributed by atoms with Gasteiger partial charge in [0, 0.05) is 13.6 Å². The molecule has 2 aromatic rings. The molecule has 0 spiro atoms. The summed E-state index contributed by atoms with van der Waals surface area (Å²) in [6, 6.07) is 0. The van der Waals surface area contributed by atoms with Crippen molar-refractivity contribution < 1.29 is 14.5 Å². The summed E-state index contributed by atoms with van der Waals surface area (Å²) in [4.78, 5) is 35.4. The van der Waals surface area contributed by atoms with Gasteiger partial charge in [-0.25, -0.2) is 0 Å². The maximum Gasteiger partial charge on any atom is 0.307 e. The molecule has 2 N–H and O–H groups in total. The molecular formula is C16H23N7O4. The minimum absolute atomic E-state index is 0.214. The van der Waals surface area contributed by atoms with Gasteiger partial charge in [0.05, 0.1) is 16.8 Å². The van der Waals surface area contributed by atoms with E-state index in [1.54, 1.807) is 20.9 Å². The number of nitrogens with one attached hydrogen (secondary N) is 2. The SMILES string of the molecule is CC(C)CNC(=O)c1c(NC(=O)C(C)(C)n2cc([N+](=O)[O-])cn2)cnn1C. The monoisotopic (exact) mass is 377 g/mol. The number of nitro groups is 1. The molecule has 0 saturated carbocycles. The maximum absolute atomic E-state index is 12.8. The predicted molar refractivity (Wildman–Crippen MR) is 97.2 cm³/mol. The highest BCUT2D eigenvalue weighted by molar-refractivity contribution is 6.04. The Hall–Kier alpha value is -3.24. The standard InChI is InChI=1S/C16H23N7O4/c1-10(2)6-17-14(24)13-12(8-18-21(13)5)20-15(25)16(3,4)22-9-11(7-19-22)23(26)27/h7-10H,6H2,1-5H3,(H,17,24)(H,20,25). The summed E-state index contributed by atoms with van der Waals surface area (Å²) in [7, 11) is 1.60. The average molecular weight is 377 g/mol. The molecule has 2 aromatic heterocycles. The number of amides is 2. The van der Waals surface area contributed by atoms with Gasteiger partial charge < -0.3 is 10.6 Å². The van der Waals surface area contributed by atoms with Crippen LogP contribution in [0.5, 0.6) is 0 Å². The van der Waals surface area contributed by atoms with Crippen molar-refractivity contribution in [3.63, 3.8) is 0 Å². The quantitative estimate of drug-likeness (QED) is 0.551. The molecule has 27 heavy (non-hydrogen) atoms. The van der Waals surface area contributed by atoms with Crippen molar-refractivity contribution in [3.05, 3.63) is 34.4 Å². The first kappa shape index (κ1) is 20.1. The Morgan fingerprint density at radius 2 is 1.96 bits per heavy atom. The maximum atomic E-state index is 12.8. The van der Waals surface area contributed by atoms with E-state index in [0.717, 1.165) is 6.20 Å². The molecule has 2 rings (SSSR count). The lowest BCUT2D eigenvalue weighted by Gasteiger charge is -2.23. The lowest BCUT2D eigenvalue weighted by atomic mass is 10.0. The zero-order valence-electron chi connectivity index (χ0n) is 15.9. The molecule has 146 valence electrons. The Labute approximate surface area is 155 Å². The van der Waals surface area contributed by atoms with Crippen molar-refractivity contribution >= 4 is 23.2 Å². The third-order valence-corrected chi connectivity index (χ3v) is 3.98. The van der Waals surface area contributed by atoms with Crippen molar-refractivity contribution in [2.45, 2.75) is 33.2 Å². The van der Waals surface area contributed by atoms with Crippen LogP contribution in [0.25, 0.3) is 0 Å². The van der Waals surface area contributed by atoms with Crippen LogP contribution in [0.4, 0.5) is 11.4 Å². The van der Waals surface area contributed by atoms with E-state index in [1.807, 2.05) is 13.8 Å². The normalized spacial score (nSPS) is 11.5. The van der Waals surface area contributed by atoms with Gasteiger partial charge in [-0.15, -0.1) is 0 Å². The fraction of sp³-hybridized carbons (Fsp3) is 0.500. The molecule has 0 aromatic carbocycles. The van der Waals surface area contributed by atoms with Gasteiger partial charge in [0.2, 0.25) is 0 Å². The van der Waals surface area contributed by atoms with Crippen molar-refractivity contribution in [1.29, 1.82) is 0 Å². The van der Waals surface area contributed by atoms with Crippen LogP contribution in [-0.4, -0.2) is 42.8 Å². The molecule has 0 unspecified atom stereocenters. The lowest BCUT2D eigenvalue weighted by Crippen LogP contribution is -2.41. The third-order valence-electron chi connectivity index (χ3n) is 3.98. The van der Waals surface area contributed by atoms with Crippen LogP contribution in [0, 0.1) is 16.0 Å². The van der Waals surface area contributed by atoms with Crippen LogP contribution in [0.2, 0.25) is 0 Å². The molecule has 0 radical (unpaired) electrons. The first-order valence-electron chi connectivity index (χ1n) is 8.35. The summed E-state index contributed by atoms with van der Waals surface area (Å²) in [5.74, 6) is -0.576. The number of aromatic nitrogens is 4. The minimum Gasteiger partial charge on any atom is -0.350 e. The number of nitrogens with zero attached hydrogens (tertiary/aromatic N) is 5. The van der Waals surface area contributed by atoms with E-state index in [9.17, 15) is 19.7 Å². The second-order valence-corrected chi connectivity index (χ2v) is 7.05. The van der Waals surface area contributed by atoms with Gasteiger partial charge in [-0.1, -0.05) is 13.8 Å². The summed E-state index contributed by atoms with van der Waals surface area (Å²) in [5, 5.41) is 24.2. The Morgan fingerprint density at radius 3 is 2.52 bits per heavy atom. The van der Waals surface area contributed by atoms with E-state index < -0.39 is 16.4 Å². The van der Waals surface area contributed by atoms with Crippen LogP contribution < -0.4 is 10.6 Å². The van der Waals surface area contributed by atoms with Gasteiger partial charge in [0.25, 0.3) is 11.8 Å². The number of aryl methyl sites for hydroxylation is 1. The van der Waals surface area contributed by atoms with Crippen LogP contribution in [-0.2, 0) is 17.4 Å². The molecule has 2 heterocycles. The summed E-state index contributed by atoms with van der Waals surface area (Å²) >= 11 is 0. The molecule has 0 aliphatic carbocycles. The van der Waals surface area contributed by atoms with Gasteiger partial charge in [0.1, 0.15) is 23.6 Å². The molecule has 0 fully saturated rings. The Balaban J connectivity index is 2.22. The molecule has 11 nitrogen and oxygen atoms in total. The molecular weight excluding hydrogens is 354 g/mol. The van der Waals surface area contributed by atoms with Crippen molar-refractivity contribution in [2.24, 2.45) is 13.0 Å². The van der Waals surface area contributed by atoms with E-state index in [0.29, 0.717) is 6.54 Å². The summed E-state index contributed by atoms with van der Waals surface area (Å²) in [6.45, 7) is 7.55. The number of hydrogen-bond donors (Lipinski definition) is 2. The summed E-state index contributed by atoms with van der Waals surface area (Å²) in [5.41, 5.74) is -0.980. The molecule has 0 aliphatic heterocycles. The van der Waals surface area contributed by atoms with Crippen LogP contribution in [0.15, 0.2) is 18.6 Å². The fourth-order valence-electron chi connectivity index (χ4n) is 2.27. The molecule has 2 amide bonds. The first-order valence-corrected chi connectivity index (χ1v) is 8.35. The van der Waals surface area contributed by atoms with Crippen molar-refractivity contribution in [1.82, 2.24) is 24.9 Å². The van der Waals surface area contributed by atoms with Crippen LogP contribution in [0.3, 0.4) is 0 Å². The molecule has 0 bridgehead atoms. The van der Waals surface area contributed by atoms with Crippen LogP contribution in [0.1, 0.15) is 38.2 Å². The minimum atomic E-state index is -1.23. The average Bonchev–Trinajstić information content (AvgIpc) is 3.20. The van der Waals surface area contributed by atoms with E-state index >= 15 is 0 Å². The van der Waals surface area contributed by atoms with Crippen molar-refractivity contribution in [2.75, 3.05) is 11.9 Å². The Kier molecular flexibility index (Phi) is 5.62. The van der Waals surface area contributed by atoms with Gasteiger partial charge in [-0.2, -0.15) is 10.2 Å². The number of anilines is 1. The van der Waals surface area contributed by atoms with Gasteiger partial charge in [-0.05, 0) is 19.8 Å². The van der Waals surface area contributed by atoms with Crippen LogP contribution >= 0.6 is 0 Å². The molecule has 11 heteroatoms. The summed E-state index contributed by atoms with van der Waals surface area (Å²) < 4.78 is 2.58. The van der Waals surface area contributed by atoms with Crippen molar-refractivity contribution in [3.8, 4) is 0 Å². The largest absolute Gasteiger partial charge is 0.350 e. The van der Waals surface area contributed by atoms with Gasteiger partial charge in [0.15, 0.2) is 0 Å². The smallest absolute Gasteiger partial charge is 0.307 e. The number of carbonyl (C=O) groups is 2. The molecule has 0 saturated heterocycles. The van der Waals surface area contributed by atoms with Gasteiger partial charge in [-0.3, -0.25) is 29.1 Å². The number of carbonyl (C=O) groups excluding carboxylic acids is 2. The first-order chi connectivity index (χ1) is 12.5. The van der Waals surface area contributed by atoms with Gasteiger partial charge >= 0.3 is 5.69 Å². The second kappa shape index (κ2) is 7.56. The predicted octanol–water partition coefficient (Wildman–Crippen LogP) is 1.28. The van der Waals surface area contributed by atoms with E-state index in [1.165, 1.54) is 21.8 Å². The molecule has 0 atom stereocenters. The van der Waals surface area contributed by atoms with E-state index in [-0.39, 0.29) is 28.9 Å². The van der Waals surface area contributed by atoms with E-state index in [2.05, 4.69) is 20.8 Å². The second-order valence-electron chi connectivity index (χ2n) is 7.05. The lowest BCUT2D eigenvalue weighted by molar-refractivity contribution is -0.385. The Morgan fingerprint density at radius 1 is 1.30 bits per heavy atom. The fourth-order valence-corrected chi connectivity index (χ4v) is 2.27. The number of hydrogen-bond acceptors (Lipinski definition) is 6. The highest BCUT2D eigenvalue weighted by Gasteiger charge is 2.33. The summed E-state index contributed by atoms with van der Waals surface area (Å²) in [6.07, 6.45) is 3.63. The number of rotatable bonds is 7. The zero-order chi connectivity index (χ0) is 20.4.